The van der Waals surface area contributed by atoms with Gasteiger partial charge in [-0.3, -0.25) is 9.59 Å². The molecule has 11 heteroatoms. The van der Waals surface area contributed by atoms with Gasteiger partial charge in [0.15, 0.2) is 0 Å². The van der Waals surface area contributed by atoms with Crippen LogP contribution in [0.25, 0.3) is 0 Å². The molecule has 0 saturated heterocycles. The van der Waals surface area contributed by atoms with E-state index in [0.29, 0.717) is 23.6 Å². The van der Waals surface area contributed by atoms with E-state index in [1.54, 1.807) is 30.0 Å². The molecule has 1 aliphatic carbocycles. The maximum Gasteiger partial charge on any atom is 0.258 e. The molecule has 232 valence electrons. The first-order chi connectivity index (χ1) is 19.4. The van der Waals surface area contributed by atoms with Gasteiger partial charge in [-0.2, -0.15) is 0 Å². The number of aliphatic hydroxyl groups is 1. The van der Waals surface area contributed by atoms with Crippen molar-refractivity contribution in [2.24, 2.45) is 11.8 Å². The summed E-state index contributed by atoms with van der Waals surface area (Å²) in [4.78, 5) is 28.7. The molecule has 1 aromatic rings. The van der Waals surface area contributed by atoms with Crippen molar-refractivity contribution in [3.05, 3.63) is 23.8 Å². The Kier molecular flexibility index (Phi) is 12.4. The number of rotatable bonds is 7. The number of hydrogen-bond donors (Lipinski definition) is 2. The highest BCUT2D eigenvalue weighted by Crippen LogP contribution is 2.30. The van der Waals surface area contributed by atoms with Gasteiger partial charge in [-0.05, 0) is 64.2 Å². The Hall–Kier alpha value is -2.21. The highest BCUT2D eigenvalue weighted by Gasteiger charge is 2.31. The molecule has 0 bridgehead atoms. The molecule has 41 heavy (non-hydrogen) atoms. The molecule has 1 aromatic carbocycles. The van der Waals surface area contributed by atoms with Crippen molar-refractivity contribution >= 4 is 27.5 Å². The molecule has 1 aliphatic heterocycles. The van der Waals surface area contributed by atoms with E-state index in [4.69, 9.17) is 9.47 Å². The average Bonchev–Trinajstić information content (AvgIpc) is 2.94. The third-order valence-electron chi connectivity index (χ3n) is 8.30. The van der Waals surface area contributed by atoms with E-state index in [1.807, 2.05) is 13.8 Å². The van der Waals surface area contributed by atoms with Crippen LogP contribution in [0.2, 0.25) is 0 Å². The maximum absolute atomic E-state index is 14.2. The summed E-state index contributed by atoms with van der Waals surface area (Å²) in [6.07, 6.45) is 7.90. The zero-order valence-electron chi connectivity index (χ0n) is 25.3. The van der Waals surface area contributed by atoms with Crippen LogP contribution in [0.4, 0.5) is 5.69 Å². The fraction of sp³-hybridized carbons (Fsp3) is 0.733. The van der Waals surface area contributed by atoms with Gasteiger partial charge in [0.2, 0.25) is 15.9 Å². The van der Waals surface area contributed by atoms with Crippen molar-refractivity contribution in [1.82, 2.24) is 9.21 Å². The lowest BCUT2D eigenvalue weighted by Gasteiger charge is -2.35. The number of anilines is 1. The predicted molar refractivity (Wildman–Crippen MR) is 160 cm³/mol. The Labute approximate surface area is 245 Å². The first-order valence-corrected chi connectivity index (χ1v) is 16.8. The Morgan fingerprint density at radius 3 is 2.49 bits per heavy atom. The van der Waals surface area contributed by atoms with Gasteiger partial charge in [-0.25, -0.2) is 12.7 Å². The van der Waals surface area contributed by atoms with E-state index in [0.717, 1.165) is 57.6 Å². The molecule has 0 aromatic heterocycles. The zero-order valence-corrected chi connectivity index (χ0v) is 26.1. The second kappa shape index (κ2) is 15.3. The standard InChI is InChI=1S/C30H49N3O7S/c1-21-18-33(22(2)20-34)30(36)26-17-25(31-29(35)24-12-7-6-8-13-24)14-15-27(26)40-23(3)11-9-10-16-39-28(21)19-32(4)41(5,37)38/h14-15,17,21-24,28,34H,6-13,16,18-20H2,1-5H3,(H,31,35)/t21-,22+,23-,28+/m0/s1. The van der Waals surface area contributed by atoms with E-state index < -0.39 is 22.2 Å². The summed E-state index contributed by atoms with van der Waals surface area (Å²) in [7, 11) is -1.90. The number of carbonyl (C=O) groups excluding carboxylic acids is 2. The Bertz CT molecular complexity index is 1120. The van der Waals surface area contributed by atoms with Crippen LogP contribution in [0.1, 0.15) is 82.5 Å². The Morgan fingerprint density at radius 2 is 1.83 bits per heavy atom. The van der Waals surface area contributed by atoms with Crippen molar-refractivity contribution in [3.63, 3.8) is 0 Å². The summed E-state index contributed by atoms with van der Waals surface area (Å²) >= 11 is 0. The maximum atomic E-state index is 14.2. The van der Waals surface area contributed by atoms with Crippen molar-refractivity contribution in [3.8, 4) is 5.75 Å². The van der Waals surface area contributed by atoms with Crippen LogP contribution in [-0.2, 0) is 19.6 Å². The number of nitrogens with zero attached hydrogens (tertiary/aromatic N) is 2. The van der Waals surface area contributed by atoms with Gasteiger partial charge in [-0.1, -0.05) is 26.2 Å². The summed E-state index contributed by atoms with van der Waals surface area (Å²) in [5.41, 5.74) is 0.847. The second-order valence-electron chi connectivity index (χ2n) is 11.9. The lowest BCUT2D eigenvalue weighted by molar-refractivity contribution is -0.120. The summed E-state index contributed by atoms with van der Waals surface area (Å²) in [6, 6.07) is 4.67. The van der Waals surface area contributed by atoms with Crippen LogP contribution < -0.4 is 10.1 Å². The number of aliphatic hydroxyl groups excluding tert-OH is 1. The first-order valence-electron chi connectivity index (χ1n) is 15.0. The second-order valence-corrected chi connectivity index (χ2v) is 14.0. The zero-order chi connectivity index (χ0) is 30.2. The van der Waals surface area contributed by atoms with Crippen molar-refractivity contribution < 1.29 is 32.6 Å². The quantitative estimate of drug-likeness (QED) is 0.490. The fourth-order valence-electron chi connectivity index (χ4n) is 5.46. The molecule has 2 aliphatic rings. The fourth-order valence-corrected chi connectivity index (χ4v) is 5.88. The highest BCUT2D eigenvalue weighted by atomic mass is 32.2. The SMILES string of the molecule is C[C@H](CO)N1C[C@H](C)[C@@H](CN(C)S(C)(=O)=O)OCCCC[C@H](C)Oc2ccc(NC(=O)C3CCCCC3)cc2C1=O. The van der Waals surface area contributed by atoms with Crippen molar-refractivity contribution in [2.75, 3.05) is 44.9 Å². The monoisotopic (exact) mass is 595 g/mol. The molecule has 1 heterocycles. The number of nitrogens with one attached hydrogen (secondary N) is 1. The van der Waals surface area contributed by atoms with Crippen LogP contribution in [-0.4, -0.2) is 92.4 Å². The largest absolute Gasteiger partial charge is 0.490 e. The van der Waals surface area contributed by atoms with Crippen LogP contribution in [0, 0.1) is 11.8 Å². The topological polar surface area (TPSA) is 125 Å². The molecular weight excluding hydrogens is 546 g/mol. The molecule has 3 rings (SSSR count). The number of fused-ring (bicyclic) bond motifs is 1. The minimum absolute atomic E-state index is 0.0295. The molecular formula is C30H49N3O7S. The molecule has 0 spiro atoms. The molecule has 4 atom stereocenters. The third kappa shape index (κ3) is 9.66. The molecule has 0 radical (unpaired) electrons. The molecule has 10 nitrogen and oxygen atoms in total. The number of hydrogen-bond acceptors (Lipinski definition) is 7. The normalized spacial score (nSPS) is 24.7. The molecule has 1 saturated carbocycles. The predicted octanol–water partition coefficient (Wildman–Crippen LogP) is 3.89. The lowest BCUT2D eigenvalue weighted by atomic mass is 9.88. The third-order valence-corrected chi connectivity index (χ3v) is 9.58. The summed E-state index contributed by atoms with van der Waals surface area (Å²) in [5.74, 6) is -0.198. The van der Waals surface area contributed by atoms with Crippen molar-refractivity contribution in [1.29, 1.82) is 0 Å². The average molecular weight is 596 g/mol. The number of likely N-dealkylation sites (N-methyl/N-ethyl adjacent to an activating group) is 1. The summed E-state index contributed by atoms with van der Waals surface area (Å²) < 4.78 is 38.0. The molecule has 1 fully saturated rings. The van der Waals surface area contributed by atoms with Gasteiger partial charge in [-0.15, -0.1) is 0 Å². The smallest absolute Gasteiger partial charge is 0.258 e. The lowest BCUT2D eigenvalue weighted by Crippen LogP contribution is -2.47. The van der Waals surface area contributed by atoms with E-state index in [2.05, 4.69) is 5.32 Å². The number of ether oxygens (including phenoxy) is 2. The number of carbonyl (C=O) groups is 2. The molecule has 0 unspecified atom stereocenters. The molecule has 2 N–H and O–H groups in total. The van der Waals surface area contributed by atoms with Gasteiger partial charge < -0.3 is 24.8 Å². The number of benzene rings is 1. The van der Waals surface area contributed by atoms with E-state index >= 15 is 0 Å². The van der Waals surface area contributed by atoms with Crippen LogP contribution in [0.5, 0.6) is 5.75 Å². The van der Waals surface area contributed by atoms with E-state index in [1.165, 1.54) is 11.4 Å². The van der Waals surface area contributed by atoms with E-state index in [-0.39, 0.29) is 49.5 Å². The van der Waals surface area contributed by atoms with Gasteiger partial charge in [0, 0.05) is 44.3 Å². The molecule has 2 amide bonds. The Balaban J connectivity index is 1.95. The highest BCUT2D eigenvalue weighted by molar-refractivity contribution is 7.88. The number of amides is 2. The summed E-state index contributed by atoms with van der Waals surface area (Å²) in [5, 5.41) is 13.1. The van der Waals surface area contributed by atoms with Crippen LogP contribution >= 0.6 is 0 Å². The number of sulfonamides is 1. The Morgan fingerprint density at radius 1 is 1.15 bits per heavy atom. The van der Waals surface area contributed by atoms with Crippen LogP contribution in [0.3, 0.4) is 0 Å². The minimum atomic E-state index is -3.42. The van der Waals surface area contributed by atoms with Crippen molar-refractivity contribution in [2.45, 2.75) is 90.4 Å². The van der Waals surface area contributed by atoms with Gasteiger partial charge >= 0.3 is 0 Å². The first kappa shape index (κ1) is 33.3. The van der Waals surface area contributed by atoms with Gasteiger partial charge in [0.25, 0.3) is 5.91 Å². The van der Waals surface area contributed by atoms with E-state index in [9.17, 15) is 23.1 Å². The summed E-state index contributed by atoms with van der Waals surface area (Å²) in [6.45, 7) is 6.25. The van der Waals surface area contributed by atoms with Gasteiger partial charge in [0.1, 0.15) is 5.75 Å². The minimum Gasteiger partial charge on any atom is -0.490 e. The van der Waals surface area contributed by atoms with Crippen LogP contribution in [0.15, 0.2) is 18.2 Å². The van der Waals surface area contributed by atoms with Gasteiger partial charge in [0.05, 0.1) is 36.7 Å².